The number of para-hydroxylation sites is 1. The predicted octanol–water partition coefficient (Wildman–Crippen LogP) is 2.52. The maximum atomic E-state index is 12.6. The van der Waals surface area contributed by atoms with Crippen molar-refractivity contribution in [1.29, 1.82) is 0 Å². The molecule has 0 saturated heterocycles. The molecule has 0 fully saturated rings. The third-order valence-electron chi connectivity index (χ3n) is 5.15. The molecule has 2 aromatic rings. The first-order chi connectivity index (χ1) is 15.8. The predicted molar refractivity (Wildman–Crippen MR) is 124 cm³/mol. The monoisotopic (exact) mass is 475 g/mol. The van der Waals surface area contributed by atoms with Gasteiger partial charge < -0.3 is 19.7 Å². The van der Waals surface area contributed by atoms with Gasteiger partial charge in [-0.25, -0.2) is 13.1 Å². The molecule has 33 heavy (non-hydrogen) atoms. The molecule has 9 nitrogen and oxygen atoms in total. The van der Waals surface area contributed by atoms with Gasteiger partial charge in [0.05, 0.1) is 18.1 Å². The standard InChI is InChI=1S/C23H29N3O6S/c1-3-26(17(2)27)16-18-7-4-5-8-20(18)25-23(28)11-12-24-33(29,30)19-9-10-21-22(15-19)32-14-6-13-31-21/h4-5,7-10,15,24H,3,6,11-14,16H2,1-2H3,(H,25,28). The Balaban J connectivity index is 1.58. The summed E-state index contributed by atoms with van der Waals surface area (Å²) in [7, 11) is -3.82. The van der Waals surface area contributed by atoms with Crippen LogP contribution in [-0.4, -0.2) is 51.4 Å². The Morgan fingerprint density at radius 3 is 2.52 bits per heavy atom. The molecule has 0 atom stereocenters. The number of nitrogens with zero attached hydrogens (tertiary/aromatic N) is 1. The molecule has 1 aliphatic heterocycles. The van der Waals surface area contributed by atoms with Crippen molar-refractivity contribution in [2.75, 3.05) is 31.6 Å². The molecular weight excluding hydrogens is 446 g/mol. The molecule has 10 heteroatoms. The summed E-state index contributed by atoms with van der Waals surface area (Å²) in [6, 6.07) is 11.7. The Morgan fingerprint density at radius 1 is 1.06 bits per heavy atom. The smallest absolute Gasteiger partial charge is 0.240 e. The molecule has 3 rings (SSSR count). The second kappa shape index (κ2) is 11.2. The summed E-state index contributed by atoms with van der Waals surface area (Å²) in [6.07, 6.45) is 0.667. The van der Waals surface area contributed by atoms with E-state index in [4.69, 9.17) is 9.47 Å². The van der Waals surface area contributed by atoms with Gasteiger partial charge in [-0.05, 0) is 30.7 Å². The molecule has 0 saturated carbocycles. The van der Waals surface area contributed by atoms with E-state index in [1.54, 1.807) is 23.1 Å². The number of benzene rings is 2. The molecule has 1 heterocycles. The Labute approximate surface area is 194 Å². The van der Waals surface area contributed by atoms with Crippen molar-refractivity contribution in [3.05, 3.63) is 48.0 Å². The Bertz CT molecular complexity index is 1100. The third-order valence-corrected chi connectivity index (χ3v) is 6.61. The summed E-state index contributed by atoms with van der Waals surface area (Å²) < 4.78 is 38.8. The normalized spacial score (nSPS) is 13.2. The van der Waals surface area contributed by atoms with E-state index >= 15 is 0 Å². The summed E-state index contributed by atoms with van der Waals surface area (Å²) in [5.74, 6) is 0.504. The van der Waals surface area contributed by atoms with Crippen molar-refractivity contribution in [2.24, 2.45) is 0 Å². The molecule has 2 N–H and O–H groups in total. The molecular formula is C23H29N3O6S. The number of sulfonamides is 1. The molecule has 2 amide bonds. The van der Waals surface area contributed by atoms with Crippen LogP contribution >= 0.6 is 0 Å². The van der Waals surface area contributed by atoms with Crippen LogP contribution in [0.5, 0.6) is 11.5 Å². The van der Waals surface area contributed by atoms with Gasteiger partial charge in [0.1, 0.15) is 0 Å². The van der Waals surface area contributed by atoms with Gasteiger partial charge >= 0.3 is 0 Å². The number of anilines is 1. The summed E-state index contributed by atoms with van der Waals surface area (Å²) in [5, 5.41) is 2.80. The lowest BCUT2D eigenvalue weighted by Crippen LogP contribution is -2.29. The van der Waals surface area contributed by atoms with Crippen LogP contribution in [0.4, 0.5) is 5.69 Å². The van der Waals surface area contributed by atoms with Crippen molar-refractivity contribution >= 4 is 27.5 Å². The van der Waals surface area contributed by atoms with Crippen LogP contribution in [0, 0.1) is 0 Å². The number of hydrogen-bond acceptors (Lipinski definition) is 6. The van der Waals surface area contributed by atoms with Crippen LogP contribution in [0.3, 0.4) is 0 Å². The third kappa shape index (κ3) is 6.69. The van der Waals surface area contributed by atoms with E-state index < -0.39 is 10.0 Å². The largest absolute Gasteiger partial charge is 0.490 e. The number of carbonyl (C=O) groups excluding carboxylic acids is 2. The quantitative estimate of drug-likeness (QED) is 0.576. The molecule has 2 aromatic carbocycles. The highest BCUT2D eigenvalue weighted by molar-refractivity contribution is 7.89. The van der Waals surface area contributed by atoms with Crippen molar-refractivity contribution in [3.63, 3.8) is 0 Å². The molecule has 0 unspecified atom stereocenters. The number of fused-ring (bicyclic) bond motifs is 1. The average molecular weight is 476 g/mol. The lowest BCUT2D eigenvalue weighted by atomic mass is 10.1. The van der Waals surface area contributed by atoms with Gasteiger partial charge in [-0.15, -0.1) is 0 Å². The van der Waals surface area contributed by atoms with E-state index in [1.807, 2.05) is 19.1 Å². The van der Waals surface area contributed by atoms with Gasteiger partial charge in [-0.3, -0.25) is 9.59 Å². The Hall–Kier alpha value is -3.11. The van der Waals surface area contributed by atoms with Crippen LogP contribution in [0.1, 0.15) is 32.3 Å². The fraction of sp³-hybridized carbons (Fsp3) is 0.391. The minimum absolute atomic E-state index is 0.0430. The second-order valence-electron chi connectivity index (χ2n) is 7.55. The van der Waals surface area contributed by atoms with Gasteiger partial charge in [-0.1, -0.05) is 18.2 Å². The lowest BCUT2D eigenvalue weighted by molar-refractivity contribution is -0.129. The minimum atomic E-state index is -3.82. The topological polar surface area (TPSA) is 114 Å². The minimum Gasteiger partial charge on any atom is -0.490 e. The van der Waals surface area contributed by atoms with Gasteiger partial charge in [0, 0.05) is 51.2 Å². The number of carbonyl (C=O) groups is 2. The van der Waals surface area contributed by atoms with Gasteiger partial charge in [-0.2, -0.15) is 0 Å². The fourth-order valence-electron chi connectivity index (χ4n) is 3.34. The van der Waals surface area contributed by atoms with Gasteiger partial charge in [0.25, 0.3) is 0 Å². The van der Waals surface area contributed by atoms with Crippen LogP contribution in [-0.2, 0) is 26.2 Å². The van der Waals surface area contributed by atoms with Crippen LogP contribution in [0.15, 0.2) is 47.4 Å². The second-order valence-corrected chi connectivity index (χ2v) is 9.31. The first-order valence-electron chi connectivity index (χ1n) is 10.8. The van der Waals surface area contributed by atoms with Crippen molar-refractivity contribution in [2.45, 2.75) is 38.1 Å². The summed E-state index contributed by atoms with van der Waals surface area (Å²) in [5.41, 5.74) is 1.39. The summed E-state index contributed by atoms with van der Waals surface area (Å²) in [6.45, 7) is 5.21. The Morgan fingerprint density at radius 2 is 1.79 bits per heavy atom. The van der Waals surface area contributed by atoms with Crippen molar-refractivity contribution in [3.8, 4) is 11.5 Å². The van der Waals surface area contributed by atoms with Crippen molar-refractivity contribution in [1.82, 2.24) is 9.62 Å². The first-order valence-corrected chi connectivity index (χ1v) is 12.3. The maximum absolute atomic E-state index is 12.6. The zero-order chi connectivity index (χ0) is 23.8. The van der Waals surface area contributed by atoms with Crippen LogP contribution < -0.4 is 19.5 Å². The highest BCUT2D eigenvalue weighted by Crippen LogP contribution is 2.31. The number of rotatable bonds is 9. The number of ether oxygens (including phenoxy) is 2. The maximum Gasteiger partial charge on any atom is 0.240 e. The van der Waals surface area contributed by atoms with Crippen LogP contribution in [0.25, 0.3) is 0 Å². The highest BCUT2D eigenvalue weighted by atomic mass is 32.2. The van der Waals surface area contributed by atoms with E-state index in [9.17, 15) is 18.0 Å². The van der Waals surface area contributed by atoms with E-state index in [-0.39, 0.29) is 29.7 Å². The number of nitrogens with one attached hydrogen (secondary N) is 2. The molecule has 0 aliphatic carbocycles. The number of amides is 2. The molecule has 0 aromatic heterocycles. The first kappa shape index (κ1) is 24.5. The molecule has 178 valence electrons. The van der Waals surface area contributed by atoms with Gasteiger partial charge in [0.2, 0.25) is 21.8 Å². The lowest BCUT2D eigenvalue weighted by Gasteiger charge is -2.21. The highest BCUT2D eigenvalue weighted by Gasteiger charge is 2.19. The molecule has 1 aliphatic rings. The zero-order valence-corrected chi connectivity index (χ0v) is 19.6. The summed E-state index contributed by atoms with van der Waals surface area (Å²) >= 11 is 0. The molecule has 0 spiro atoms. The SMILES string of the molecule is CCN(Cc1ccccc1NC(=O)CCNS(=O)(=O)c1ccc2c(c1)OCCCO2)C(C)=O. The zero-order valence-electron chi connectivity index (χ0n) is 18.8. The van der Waals surface area contributed by atoms with Gasteiger partial charge in [0.15, 0.2) is 11.5 Å². The fourth-order valence-corrected chi connectivity index (χ4v) is 4.38. The van der Waals surface area contributed by atoms with Crippen LogP contribution in [0.2, 0.25) is 0 Å². The number of hydrogen-bond donors (Lipinski definition) is 2. The Kier molecular flexibility index (Phi) is 8.29. The van der Waals surface area contributed by atoms with E-state index in [2.05, 4.69) is 10.0 Å². The van der Waals surface area contributed by atoms with E-state index in [0.29, 0.717) is 43.5 Å². The van der Waals surface area contributed by atoms with E-state index in [1.165, 1.54) is 19.1 Å². The van der Waals surface area contributed by atoms with Crippen molar-refractivity contribution < 1.29 is 27.5 Å². The van der Waals surface area contributed by atoms with E-state index in [0.717, 1.165) is 12.0 Å². The average Bonchev–Trinajstić information content (AvgIpc) is 3.03. The molecule has 0 radical (unpaired) electrons. The summed E-state index contributed by atoms with van der Waals surface area (Å²) in [4.78, 5) is 25.9. The molecule has 0 bridgehead atoms.